The molecule has 2 N–H and O–H groups in total. The highest BCUT2D eigenvalue weighted by atomic mass is 35.5. The Hall–Kier alpha value is -1.37. The van der Waals surface area contributed by atoms with E-state index in [9.17, 15) is 4.79 Å². The molecule has 2 atom stereocenters. The van der Waals surface area contributed by atoms with Crippen LogP contribution in [-0.4, -0.2) is 44.7 Å². The van der Waals surface area contributed by atoms with Gasteiger partial charge in [0, 0.05) is 24.8 Å². The summed E-state index contributed by atoms with van der Waals surface area (Å²) in [4.78, 5) is 20.5. The number of aromatic nitrogens is 3. The number of hydrogen-bond donors (Lipinski definition) is 1. The second-order valence-corrected chi connectivity index (χ2v) is 9.63. The number of fused-ring (bicyclic) bond motifs is 1. The first-order valence-corrected chi connectivity index (χ1v) is 10.5. The van der Waals surface area contributed by atoms with Gasteiger partial charge < -0.3 is 10.6 Å². The summed E-state index contributed by atoms with van der Waals surface area (Å²) in [5, 5.41) is 5.64. The average molecular weight is 458 g/mol. The van der Waals surface area contributed by atoms with Crippen molar-refractivity contribution >= 4 is 41.8 Å². The Balaban J connectivity index is 0.00000225. The molecule has 1 saturated heterocycles. The molecule has 6 nitrogen and oxygen atoms in total. The van der Waals surface area contributed by atoms with Crippen molar-refractivity contribution in [2.75, 3.05) is 13.1 Å². The first-order chi connectivity index (χ1) is 13.0. The summed E-state index contributed by atoms with van der Waals surface area (Å²) < 4.78 is 1.96. The molecule has 1 aliphatic heterocycles. The molecule has 1 aliphatic rings. The minimum Gasteiger partial charge on any atom is -0.338 e. The number of carbonyl (C=O) groups excluding carboxylic acids is 1. The molecule has 0 aromatic carbocycles. The van der Waals surface area contributed by atoms with E-state index in [1.807, 2.05) is 29.5 Å². The van der Waals surface area contributed by atoms with Crippen molar-refractivity contribution in [1.29, 1.82) is 0 Å². The molecule has 0 aliphatic carbocycles. The average Bonchev–Trinajstić information content (AvgIpc) is 2.97. The van der Waals surface area contributed by atoms with Crippen LogP contribution in [0.1, 0.15) is 82.0 Å². The quantitative estimate of drug-likeness (QED) is 0.726. The summed E-state index contributed by atoms with van der Waals surface area (Å²) in [7, 11) is 0. The van der Waals surface area contributed by atoms with Crippen LogP contribution in [0.2, 0.25) is 0 Å². The molecule has 0 spiro atoms. The summed E-state index contributed by atoms with van der Waals surface area (Å²) in [6, 6.07) is 2.08. The lowest BCUT2D eigenvalue weighted by Gasteiger charge is -2.35. The van der Waals surface area contributed by atoms with Crippen molar-refractivity contribution in [3.63, 3.8) is 0 Å². The second-order valence-electron chi connectivity index (χ2n) is 9.63. The number of pyridine rings is 1. The third-order valence-electron chi connectivity index (χ3n) is 5.78. The minimum absolute atomic E-state index is 0. The minimum atomic E-state index is -0.208. The third kappa shape index (κ3) is 5.09. The Morgan fingerprint density at radius 1 is 1.23 bits per heavy atom. The van der Waals surface area contributed by atoms with Gasteiger partial charge in [0.25, 0.3) is 5.91 Å². The molecule has 0 saturated carbocycles. The monoisotopic (exact) mass is 457 g/mol. The molecule has 3 heterocycles. The highest BCUT2D eigenvalue weighted by Gasteiger charge is 2.30. The van der Waals surface area contributed by atoms with E-state index in [0.29, 0.717) is 5.92 Å². The van der Waals surface area contributed by atoms with Crippen molar-refractivity contribution in [3.05, 3.63) is 23.0 Å². The van der Waals surface area contributed by atoms with Gasteiger partial charge >= 0.3 is 0 Å². The molecule has 8 heteroatoms. The van der Waals surface area contributed by atoms with Gasteiger partial charge in [-0.1, -0.05) is 13.8 Å². The predicted molar refractivity (Wildman–Crippen MR) is 128 cm³/mol. The lowest BCUT2D eigenvalue weighted by Crippen LogP contribution is -2.45. The zero-order valence-corrected chi connectivity index (χ0v) is 20.9. The van der Waals surface area contributed by atoms with Crippen molar-refractivity contribution in [1.82, 2.24) is 19.7 Å². The summed E-state index contributed by atoms with van der Waals surface area (Å²) in [6.45, 7) is 16.1. The van der Waals surface area contributed by atoms with E-state index >= 15 is 0 Å². The van der Waals surface area contributed by atoms with E-state index in [0.717, 1.165) is 53.9 Å². The highest BCUT2D eigenvalue weighted by Crippen LogP contribution is 2.30. The summed E-state index contributed by atoms with van der Waals surface area (Å²) >= 11 is 0. The zero-order chi connectivity index (χ0) is 20.8. The van der Waals surface area contributed by atoms with Crippen LogP contribution in [0.5, 0.6) is 0 Å². The zero-order valence-electron chi connectivity index (χ0n) is 19.2. The Morgan fingerprint density at radius 2 is 1.87 bits per heavy atom. The number of piperidine rings is 1. The van der Waals surface area contributed by atoms with Crippen LogP contribution >= 0.6 is 24.8 Å². The first-order valence-electron chi connectivity index (χ1n) is 10.5. The van der Waals surface area contributed by atoms with Crippen molar-refractivity contribution in [3.8, 4) is 0 Å². The molecule has 170 valence electrons. The van der Waals surface area contributed by atoms with Crippen molar-refractivity contribution in [2.45, 2.75) is 78.8 Å². The maximum absolute atomic E-state index is 13.6. The van der Waals surface area contributed by atoms with Gasteiger partial charge in [-0.05, 0) is 65.4 Å². The maximum atomic E-state index is 13.6. The van der Waals surface area contributed by atoms with Gasteiger partial charge in [0.2, 0.25) is 0 Å². The molecule has 1 amide bonds. The van der Waals surface area contributed by atoms with Crippen LogP contribution in [0.4, 0.5) is 0 Å². The summed E-state index contributed by atoms with van der Waals surface area (Å²) in [5.41, 5.74) is 9.25. The number of amides is 1. The largest absolute Gasteiger partial charge is 0.338 e. The van der Waals surface area contributed by atoms with Gasteiger partial charge in [0.15, 0.2) is 5.65 Å². The fourth-order valence-electron chi connectivity index (χ4n) is 4.03. The van der Waals surface area contributed by atoms with Gasteiger partial charge in [0.05, 0.1) is 22.2 Å². The van der Waals surface area contributed by atoms with Gasteiger partial charge in [-0.2, -0.15) is 5.10 Å². The van der Waals surface area contributed by atoms with Crippen LogP contribution in [-0.2, 0) is 5.54 Å². The smallest absolute Gasteiger partial charge is 0.254 e. The van der Waals surface area contributed by atoms with Crippen molar-refractivity contribution < 1.29 is 4.79 Å². The highest BCUT2D eigenvalue weighted by molar-refractivity contribution is 6.06. The normalized spacial score (nSPS) is 18.2. The first kappa shape index (κ1) is 26.7. The fourth-order valence-corrected chi connectivity index (χ4v) is 4.03. The molecule has 1 fully saturated rings. The molecule has 3 rings (SSSR count). The number of nitrogens with zero attached hydrogens (tertiary/aromatic N) is 4. The van der Waals surface area contributed by atoms with E-state index in [1.165, 1.54) is 0 Å². The molecule has 2 unspecified atom stereocenters. The van der Waals surface area contributed by atoms with Crippen LogP contribution in [0.25, 0.3) is 11.0 Å². The molecule has 0 radical (unpaired) electrons. The number of nitrogens with two attached hydrogens (primary N) is 1. The Morgan fingerprint density at radius 3 is 2.40 bits per heavy atom. The number of likely N-dealkylation sites (tertiary alicyclic amines) is 1. The number of aryl methyl sites for hydroxylation is 1. The molecule has 2 aromatic heterocycles. The van der Waals surface area contributed by atoms with E-state index in [1.54, 1.807) is 0 Å². The van der Waals surface area contributed by atoms with Gasteiger partial charge in [-0.3, -0.25) is 4.79 Å². The van der Waals surface area contributed by atoms with E-state index in [-0.39, 0.29) is 48.2 Å². The number of rotatable bonds is 3. The summed E-state index contributed by atoms with van der Waals surface area (Å²) in [6.07, 6.45) is 2.09. The summed E-state index contributed by atoms with van der Waals surface area (Å²) in [5.74, 6) is 0.673. The molecule has 0 bridgehead atoms. The standard InChI is InChI=1S/C22H35N5O.2ClH/c1-13(2)18-11-17(21(28)26-10-8-9-16(12-26)14(3)23)19-15(4)25-27(20(19)24-18)22(5,6)7;;/h11,13-14,16H,8-10,12,23H2,1-7H3;2*1H. The van der Waals surface area contributed by atoms with Crippen LogP contribution in [0.15, 0.2) is 6.07 Å². The second kappa shape index (κ2) is 9.84. The number of hydrogen-bond acceptors (Lipinski definition) is 4. The van der Waals surface area contributed by atoms with E-state index in [2.05, 4.69) is 34.6 Å². The SMILES string of the molecule is Cc1nn(C(C)(C)C)c2nc(C(C)C)cc(C(=O)N3CCCC(C(C)N)C3)c12.Cl.Cl. The van der Waals surface area contributed by atoms with Gasteiger partial charge in [0.1, 0.15) is 0 Å². The lowest BCUT2D eigenvalue weighted by atomic mass is 9.91. The Kier molecular flexibility index (Phi) is 8.74. The fraction of sp³-hybridized carbons (Fsp3) is 0.682. The third-order valence-corrected chi connectivity index (χ3v) is 5.78. The molecule has 2 aromatic rings. The van der Waals surface area contributed by atoms with Gasteiger partial charge in [-0.15, -0.1) is 24.8 Å². The Bertz CT molecular complexity index is 886. The topological polar surface area (TPSA) is 77.0 Å². The molecular formula is C22H37Cl2N5O. The predicted octanol–water partition coefficient (Wildman–Crippen LogP) is 4.66. The number of halogens is 2. The van der Waals surface area contributed by atoms with Crippen LogP contribution in [0.3, 0.4) is 0 Å². The van der Waals surface area contributed by atoms with Gasteiger partial charge in [-0.25, -0.2) is 9.67 Å². The van der Waals surface area contributed by atoms with Crippen LogP contribution in [0, 0.1) is 12.8 Å². The van der Waals surface area contributed by atoms with Crippen molar-refractivity contribution in [2.24, 2.45) is 11.7 Å². The number of carbonyl (C=O) groups is 1. The van der Waals surface area contributed by atoms with E-state index < -0.39 is 0 Å². The maximum Gasteiger partial charge on any atom is 0.254 e. The Labute approximate surface area is 192 Å². The van der Waals surface area contributed by atoms with Crippen LogP contribution < -0.4 is 5.73 Å². The van der Waals surface area contributed by atoms with E-state index in [4.69, 9.17) is 15.8 Å². The molecule has 30 heavy (non-hydrogen) atoms. The molecular weight excluding hydrogens is 421 g/mol. The lowest BCUT2D eigenvalue weighted by molar-refractivity contribution is 0.0662.